The molecule has 24 heavy (non-hydrogen) atoms. The van der Waals surface area contributed by atoms with Crippen LogP contribution in [0.1, 0.15) is 12.2 Å². The van der Waals surface area contributed by atoms with E-state index in [2.05, 4.69) is 25.9 Å². The van der Waals surface area contributed by atoms with Crippen LogP contribution in [0, 0.1) is 0 Å². The lowest BCUT2D eigenvalue weighted by atomic mass is 10.1. The first-order valence-electron chi connectivity index (χ1n) is 7.74. The zero-order chi connectivity index (χ0) is 16.4. The van der Waals surface area contributed by atoms with Crippen molar-refractivity contribution in [3.63, 3.8) is 0 Å². The van der Waals surface area contributed by atoms with Gasteiger partial charge in [-0.15, -0.1) is 0 Å². The van der Waals surface area contributed by atoms with Crippen molar-refractivity contribution in [1.82, 2.24) is 25.2 Å². The van der Waals surface area contributed by atoms with Crippen LogP contribution < -0.4 is 10.6 Å². The molecule has 8 nitrogen and oxygen atoms in total. The second kappa shape index (κ2) is 6.15. The number of nitrogens with zero attached hydrogens (tertiary/aromatic N) is 4. The minimum atomic E-state index is -0.309. The number of hydrogen-bond donors (Lipinski definition) is 2. The fourth-order valence-electron chi connectivity index (χ4n) is 2.77. The van der Waals surface area contributed by atoms with Crippen LogP contribution in [0.25, 0.3) is 11.3 Å². The predicted octanol–water partition coefficient (Wildman–Crippen LogP) is 2.07. The first-order chi connectivity index (χ1) is 11.8. The molecule has 0 aliphatic carbocycles. The van der Waals surface area contributed by atoms with E-state index in [9.17, 15) is 4.79 Å². The van der Waals surface area contributed by atoms with Gasteiger partial charge in [-0.25, -0.2) is 14.5 Å². The van der Waals surface area contributed by atoms with Crippen LogP contribution in [-0.4, -0.2) is 32.0 Å². The van der Waals surface area contributed by atoms with E-state index >= 15 is 0 Å². The molecule has 1 atom stereocenters. The molecule has 2 amide bonds. The predicted molar refractivity (Wildman–Crippen MR) is 86.2 cm³/mol. The van der Waals surface area contributed by atoms with Gasteiger partial charge in [0.05, 0.1) is 12.6 Å². The van der Waals surface area contributed by atoms with Crippen molar-refractivity contribution in [1.29, 1.82) is 0 Å². The summed E-state index contributed by atoms with van der Waals surface area (Å²) in [7, 11) is 0. The molecule has 0 saturated heterocycles. The normalized spacial score (nSPS) is 16.4. The zero-order valence-corrected chi connectivity index (χ0v) is 12.8. The van der Waals surface area contributed by atoms with E-state index < -0.39 is 0 Å². The molecule has 0 bridgehead atoms. The second-order valence-corrected chi connectivity index (χ2v) is 5.63. The second-order valence-electron chi connectivity index (χ2n) is 5.63. The van der Waals surface area contributed by atoms with Gasteiger partial charge in [0.25, 0.3) is 0 Å². The standard InChI is InChI=1S/C16H16N6O2/c23-16(19-12-6-7-15-17-10-18-22(15)9-12)20-14-8-13(24-21-14)11-4-2-1-3-5-11/h1-5,8,10,12H,6-7,9H2,(H2,19,20,21,23)/t12-/m0/s1. The van der Waals surface area contributed by atoms with E-state index in [0.717, 1.165) is 24.2 Å². The highest BCUT2D eigenvalue weighted by Crippen LogP contribution is 2.21. The monoisotopic (exact) mass is 324 g/mol. The number of amides is 2. The third kappa shape index (κ3) is 2.98. The molecule has 0 fully saturated rings. The van der Waals surface area contributed by atoms with Crippen molar-refractivity contribution in [2.45, 2.75) is 25.4 Å². The quantitative estimate of drug-likeness (QED) is 0.768. The first kappa shape index (κ1) is 14.4. The minimum absolute atomic E-state index is 0.0136. The molecule has 0 spiro atoms. The van der Waals surface area contributed by atoms with Crippen molar-refractivity contribution in [3.05, 3.63) is 48.5 Å². The van der Waals surface area contributed by atoms with Gasteiger partial charge < -0.3 is 9.84 Å². The Hall–Kier alpha value is -3.16. The maximum atomic E-state index is 12.1. The number of urea groups is 1. The Kier molecular flexibility index (Phi) is 3.70. The highest BCUT2D eigenvalue weighted by molar-refractivity contribution is 5.88. The Labute approximate surface area is 137 Å². The Morgan fingerprint density at radius 1 is 1.29 bits per heavy atom. The van der Waals surface area contributed by atoms with Gasteiger partial charge in [-0.2, -0.15) is 5.10 Å². The summed E-state index contributed by atoms with van der Waals surface area (Å²) in [5.74, 6) is 1.94. The van der Waals surface area contributed by atoms with Crippen molar-refractivity contribution in [2.75, 3.05) is 5.32 Å². The van der Waals surface area contributed by atoms with Gasteiger partial charge in [0, 0.05) is 18.1 Å². The van der Waals surface area contributed by atoms with E-state index in [1.165, 1.54) is 6.33 Å². The number of aromatic nitrogens is 4. The lowest BCUT2D eigenvalue weighted by Gasteiger charge is -2.23. The van der Waals surface area contributed by atoms with Crippen LogP contribution in [0.5, 0.6) is 0 Å². The third-order valence-corrected chi connectivity index (χ3v) is 3.95. The maximum Gasteiger partial charge on any atom is 0.320 e. The SMILES string of the molecule is O=C(Nc1cc(-c2ccccc2)on1)N[C@H]1CCc2ncnn2C1. The molecule has 0 unspecified atom stereocenters. The van der Waals surface area contributed by atoms with Crippen LogP contribution >= 0.6 is 0 Å². The van der Waals surface area contributed by atoms with Gasteiger partial charge >= 0.3 is 6.03 Å². The van der Waals surface area contributed by atoms with Gasteiger partial charge in [0.15, 0.2) is 11.6 Å². The van der Waals surface area contributed by atoms with E-state index in [1.807, 2.05) is 35.0 Å². The van der Waals surface area contributed by atoms with Gasteiger partial charge in [0.1, 0.15) is 12.2 Å². The summed E-state index contributed by atoms with van der Waals surface area (Å²) in [5, 5.41) is 13.6. The molecule has 122 valence electrons. The summed E-state index contributed by atoms with van der Waals surface area (Å²) in [5.41, 5.74) is 0.907. The molecule has 1 aliphatic heterocycles. The smallest absolute Gasteiger partial charge is 0.320 e. The Morgan fingerprint density at radius 2 is 2.17 bits per heavy atom. The van der Waals surface area contributed by atoms with E-state index in [-0.39, 0.29) is 12.1 Å². The van der Waals surface area contributed by atoms with Crippen molar-refractivity contribution in [3.8, 4) is 11.3 Å². The summed E-state index contributed by atoms with van der Waals surface area (Å²) < 4.78 is 7.08. The van der Waals surface area contributed by atoms with Crippen LogP contribution in [-0.2, 0) is 13.0 Å². The number of carbonyl (C=O) groups excluding carboxylic acids is 1. The highest BCUT2D eigenvalue weighted by Gasteiger charge is 2.21. The molecular weight excluding hydrogens is 308 g/mol. The molecule has 1 aromatic carbocycles. The fraction of sp³-hybridized carbons (Fsp3) is 0.250. The number of carbonyl (C=O) groups is 1. The number of rotatable bonds is 3. The van der Waals surface area contributed by atoms with Gasteiger partial charge in [-0.1, -0.05) is 35.5 Å². The van der Waals surface area contributed by atoms with Gasteiger partial charge in [-0.05, 0) is 6.42 Å². The number of fused-ring (bicyclic) bond motifs is 1. The summed E-state index contributed by atoms with van der Waals surface area (Å²) in [6, 6.07) is 11.0. The zero-order valence-electron chi connectivity index (χ0n) is 12.8. The van der Waals surface area contributed by atoms with Gasteiger partial charge in [-0.3, -0.25) is 5.32 Å². The van der Waals surface area contributed by atoms with E-state index in [0.29, 0.717) is 18.1 Å². The molecule has 3 aromatic rings. The number of aryl methyl sites for hydroxylation is 1. The van der Waals surface area contributed by atoms with Crippen LogP contribution in [0.2, 0.25) is 0 Å². The molecule has 3 heterocycles. The van der Waals surface area contributed by atoms with Crippen LogP contribution in [0.4, 0.5) is 10.6 Å². The highest BCUT2D eigenvalue weighted by atomic mass is 16.5. The average Bonchev–Trinajstić information content (AvgIpc) is 3.24. The number of nitrogens with one attached hydrogen (secondary N) is 2. The van der Waals surface area contributed by atoms with E-state index in [4.69, 9.17) is 4.52 Å². The van der Waals surface area contributed by atoms with E-state index in [1.54, 1.807) is 6.07 Å². The molecule has 4 rings (SSSR count). The number of anilines is 1. The molecule has 8 heteroatoms. The van der Waals surface area contributed by atoms with Crippen molar-refractivity contribution >= 4 is 11.8 Å². The summed E-state index contributed by atoms with van der Waals surface area (Å²) in [6.07, 6.45) is 3.17. The molecule has 0 saturated carbocycles. The molecule has 1 aliphatic rings. The average molecular weight is 324 g/mol. The summed E-state index contributed by atoms with van der Waals surface area (Å²) in [4.78, 5) is 16.3. The largest absolute Gasteiger partial charge is 0.354 e. The Bertz CT molecular complexity index is 841. The summed E-state index contributed by atoms with van der Waals surface area (Å²) >= 11 is 0. The summed E-state index contributed by atoms with van der Waals surface area (Å²) in [6.45, 7) is 0.622. The van der Waals surface area contributed by atoms with Crippen molar-refractivity contribution < 1.29 is 9.32 Å². The molecule has 0 radical (unpaired) electrons. The van der Waals surface area contributed by atoms with Crippen molar-refractivity contribution in [2.24, 2.45) is 0 Å². The molecule has 2 aromatic heterocycles. The molecular formula is C16H16N6O2. The number of hydrogen-bond acceptors (Lipinski definition) is 5. The molecule has 2 N–H and O–H groups in total. The number of benzene rings is 1. The maximum absolute atomic E-state index is 12.1. The van der Waals surface area contributed by atoms with Crippen LogP contribution in [0.15, 0.2) is 47.2 Å². The topological polar surface area (TPSA) is 97.9 Å². The third-order valence-electron chi connectivity index (χ3n) is 3.95. The fourth-order valence-corrected chi connectivity index (χ4v) is 2.77. The van der Waals surface area contributed by atoms with Gasteiger partial charge in [0.2, 0.25) is 0 Å². The lowest BCUT2D eigenvalue weighted by Crippen LogP contribution is -2.43. The van der Waals surface area contributed by atoms with Crippen LogP contribution in [0.3, 0.4) is 0 Å². The lowest BCUT2D eigenvalue weighted by molar-refractivity contribution is 0.243. The Morgan fingerprint density at radius 3 is 3.04 bits per heavy atom. The minimum Gasteiger partial charge on any atom is -0.354 e. The Balaban J connectivity index is 1.36. The first-order valence-corrected chi connectivity index (χ1v) is 7.74.